The molecule has 104 valence electrons. The van der Waals surface area contributed by atoms with Crippen LogP contribution in [-0.2, 0) is 6.18 Å². The number of anilines is 1. The summed E-state index contributed by atoms with van der Waals surface area (Å²) in [4.78, 5) is 0. The van der Waals surface area contributed by atoms with E-state index in [2.05, 4.69) is 12.2 Å². The van der Waals surface area contributed by atoms with E-state index >= 15 is 0 Å². The predicted octanol–water partition coefficient (Wildman–Crippen LogP) is 4.13. The van der Waals surface area contributed by atoms with Gasteiger partial charge in [0.15, 0.2) is 0 Å². The summed E-state index contributed by atoms with van der Waals surface area (Å²) in [7, 11) is 0. The Kier molecular flexibility index (Phi) is 5.55. The first-order chi connectivity index (χ1) is 8.88. The largest absolute Gasteiger partial charge is 0.416 e. The van der Waals surface area contributed by atoms with Gasteiger partial charge in [0, 0.05) is 11.8 Å². The summed E-state index contributed by atoms with van der Waals surface area (Å²) in [5.74, 6) is 0. The highest BCUT2D eigenvalue weighted by Crippen LogP contribution is 2.31. The highest BCUT2D eigenvalue weighted by atomic mass is 32.2. The summed E-state index contributed by atoms with van der Waals surface area (Å²) in [5.41, 5.74) is -0.331. The normalized spacial score (nSPS) is 12.8. The molecule has 1 aromatic carbocycles. The number of hydrogen-bond acceptors (Lipinski definition) is 3. The molecule has 1 unspecified atom stereocenters. The molecule has 0 amide bonds. The van der Waals surface area contributed by atoms with E-state index in [1.807, 2.05) is 6.26 Å². The zero-order valence-corrected chi connectivity index (χ0v) is 11.5. The van der Waals surface area contributed by atoms with E-state index < -0.39 is 11.7 Å². The van der Waals surface area contributed by atoms with Crippen molar-refractivity contribution >= 4 is 17.4 Å². The molecule has 0 bridgehead atoms. The lowest BCUT2D eigenvalue weighted by Gasteiger charge is -2.13. The van der Waals surface area contributed by atoms with Crippen LogP contribution in [0.1, 0.15) is 24.5 Å². The molecule has 0 aliphatic heterocycles. The van der Waals surface area contributed by atoms with Gasteiger partial charge in [0.1, 0.15) is 6.07 Å². The van der Waals surface area contributed by atoms with E-state index in [-0.39, 0.29) is 5.56 Å². The number of nitrogens with one attached hydrogen (secondary N) is 1. The second-order valence-electron chi connectivity index (χ2n) is 4.13. The molecule has 0 aliphatic rings. The maximum Gasteiger partial charge on any atom is 0.416 e. The minimum Gasteiger partial charge on any atom is -0.384 e. The van der Waals surface area contributed by atoms with Crippen molar-refractivity contribution in [2.24, 2.45) is 0 Å². The molecule has 0 radical (unpaired) electrons. The number of alkyl halides is 3. The summed E-state index contributed by atoms with van der Waals surface area (Å²) in [6, 6.07) is 4.97. The van der Waals surface area contributed by atoms with Gasteiger partial charge in [-0.25, -0.2) is 0 Å². The first kappa shape index (κ1) is 15.7. The molecular formula is C13H15F3N2S. The lowest BCUT2D eigenvalue weighted by molar-refractivity contribution is -0.137. The maximum absolute atomic E-state index is 12.5. The van der Waals surface area contributed by atoms with Crippen LogP contribution in [-0.4, -0.2) is 18.1 Å². The third-order valence-corrected chi connectivity index (χ3v) is 3.78. The molecular weight excluding hydrogens is 273 g/mol. The van der Waals surface area contributed by atoms with Crippen LogP contribution in [0.5, 0.6) is 0 Å². The van der Waals surface area contributed by atoms with E-state index in [4.69, 9.17) is 5.26 Å². The topological polar surface area (TPSA) is 35.8 Å². The Labute approximate surface area is 115 Å². The van der Waals surface area contributed by atoms with Crippen LogP contribution in [0, 0.1) is 11.3 Å². The van der Waals surface area contributed by atoms with Gasteiger partial charge < -0.3 is 5.32 Å². The molecule has 1 atom stereocenters. The molecule has 6 heteroatoms. The van der Waals surface area contributed by atoms with Gasteiger partial charge in [-0.1, -0.05) is 6.92 Å². The molecule has 0 saturated carbocycles. The fraction of sp³-hybridized carbons (Fsp3) is 0.462. The number of halogens is 3. The van der Waals surface area contributed by atoms with Crippen molar-refractivity contribution in [2.45, 2.75) is 24.8 Å². The Hall–Kier alpha value is -1.35. The summed E-state index contributed by atoms with van der Waals surface area (Å²) in [6.07, 6.45) is -1.53. The van der Waals surface area contributed by atoms with Gasteiger partial charge in [0.25, 0.3) is 0 Å². The van der Waals surface area contributed by atoms with Gasteiger partial charge in [-0.15, -0.1) is 0 Å². The minimum absolute atomic E-state index is 0.0200. The first-order valence-electron chi connectivity index (χ1n) is 5.76. The lowest BCUT2D eigenvalue weighted by Crippen LogP contribution is -2.10. The molecule has 0 saturated heterocycles. The monoisotopic (exact) mass is 288 g/mol. The molecule has 1 aromatic rings. The number of nitriles is 1. The predicted molar refractivity (Wildman–Crippen MR) is 72.2 cm³/mol. The van der Waals surface area contributed by atoms with Crippen molar-refractivity contribution in [3.8, 4) is 6.07 Å². The summed E-state index contributed by atoms with van der Waals surface area (Å²) in [5, 5.41) is 12.4. The average molecular weight is 288 g/mol. The van der Waals surface area contributed by atoms with Crippen LogP contribution in [0.2, 0.25) is 0 Å². The fourth-order valence-electron chi connectivity index (χ4n) is 1.50. The second kappa shape index (κ2) is 6.71. The summed E-state index contributed by atoms with van der Waals surface area (Å²) in [6.45, 7) is 2.70. The van der Waals surface area contributed by atoms with E-state index in [9.17, 15) is 13.2 Å². The number of rotatable bonds is 5. The van der Waals surface area contributed by atoms with Gasteiger partial charge in [-0.2, -0.15) is 30.2 Å². The quantitative estimate of drug-likeness (QED) is 0.885. The van der Waals surface area contributed by atoms with Gasteiger partial charge in [-0.3, -0.25) is 0 Å². The van der Waals surface area contributed by atoms with E-state index in [0.29, 0.717) is 17.5 Å². The van der Waals surface area contributed by atoms with Crippen LogP contribution in [0.3, 0.4) is 0 Å². The van der Waals surface area contributed by atoms with Crippen LogP contribution in [0.4, 0.5) is 18.9 Å². The second-order valence-corrected chi connectivity index (χ2v) is 5.41. The molecule has 0 heterocycles. The van der Waals surface area contributed by atoms with Crippen LogP contribution in [0.15, 0.2) is 18.2 Å². The smallest absolute Gasteiger partial charge is 0.384 e. The molecule has 0 spiro atoms. The molecule has 2 nitrogen and oxygen atoms in total. The van der Waals surface area contributed by atoms with E-state index in [1.54, 1.807) is 17.8 Å². The maximum atomic E-state index is 12.5. The fourth-order valence-corrected chi connectivity index (χ4v) is 1.85. The lowest BCUT2D eigenvalue weighted by atomic mass is 10.1. The Morgan fingerprint density at radius 2 is 2.11 bits per heavy atom. The standard InChI is InChI=1S/C13H15F3N2S/c1-9(19-2)5-6-18-12-4-3-11(13(14,15)16)7-10(12)8-17/h3-4,7,9,18H,5-6H2,1-2H3. The third-order valence-electron chi connectivity index (χ3n) is 2.74. The van der Waals surface area contributed by atoms with Crippen molar-refractivity contribution in [3.63, 3.8) is 0 Å². The molecule has 0 fully saturated rings. The summed E-state index contributed by atoms with van der Waals surface area (Å²) >= 11 is 1.72. The molecule has 19 heavy (non-hydrogen) atoms. The highest BCUT2D eigenvalue weighted by Gasteiger charge is 2.31. The van der Waals surface area contributed by atoms with E-state index in [1.165, 1.54) is 6.07 Å². The molecule has 1 N–H and O–H groups in total. The van der Waals surface area contributed by atoms with Crippen LogP contribution in [0.25, 0.3) is 0 Å². The van der Waals surface area contributed by atoms with Gasteiger partial charge in [0.2, 0.25) is 0 Å². The zero-order valence-electron chi connectivity index (χ0n) is 10.7. The molecule has 0 aliphatic carbocycles. The minimum atomic E-state index is -4.42. The third kappa shape index (κ3) is 4.67. The van der Waals surface area contributed by atoms with Crippen LogP contribution < -0.4 is 5.32 Å². The number of thioether (sulfide) groups is 1. The first-order valence-corrected chi connectivity index (χ1v) is 7.05. The van der Waals surface area contributed by atoms with Crippen molar-refractivity contribution in [2.75, 3.05) is 18.1 Å². The molecule has 0 aromatic heterocycles. The number of nitrogens with zero attached hydrogens (tertiary/aromatic N) is 1. The zero-order chi connectivity index (χ0) is 14.5. The summed E-state index contributed by atoms with van der Waals surface area (Å²) < 4.78 is 37.5. The van der Waals surface area contributed by atoms with E-state index in [0.717, 1.165) is 18.6 Å². The molecule has 1 rings (SSSR count). The van der Waals surface area contributed by atoms with Crippen molar-refractivity contribution in [1.29, 1.82) is 5.26 Å². The Morgan fingerprint density at radius 1 is 1.42 bits per heavy atom. The SMILES string of the molecule is CSC(C)CCNc1ccc(C(F)(F)F)cc1C#N. The van der Waals surface area contributed by atoms with Crippen molar-refractivity contribution in [1.82, 2.24) is 0 Å². The van der Waals surface area contributed by atoms with Crippen LogP contribution >= 0.6 is 11.8 Å². The number of hydrogen-bond donors (Lipinski definition) is 1. The average Bonchev–Trinajstić information content (AvgIpc) is 2.37. The Morgan fingerprint density at radius 3 is 2.63 bits per heavy atom. The van der Waals surface area contributed by atoms with Gasteiger partial charge in [-0.05, 0) is 30.9 Å². The highest BCUT2D eigenvalue weighted by molar-refractivity contribution is 7.99. The number of benzene rings is 1. The van der Waals surface area contributed by atoms with Gasteiger partial charge in [0.05, 0.1) is 16.8 Å². The van der Waals surface area contributed by atoms with Gasteiger partial charge >= 0.3 is 6.18 Å². The van der Waals surface area contributed by atoms with Crippen molar-refractivity contribution < 1.29 is 13.2 Å². The Balaban J connectivity index is 2.78. The van der Waals surface area contributed by atoms with Crippen molar-refractivity contribution in [3.05, 3.63) is 29.3 Å². The Bertz CT molecular complexity index is 466.